The van der Waals surface area contributed by atoms with Crippen LogP contribution in [0.2, 0.25) is 4.34 Å². The zero-order valence-electron chi connectivity index (χ0n) is 15.7. The maximum Gasteiger partial charge on any atom is 0.341 e. The highest BCUT2D eigenvalue weighted by Crippen LogP contribution is 2.38. The van der Waals surface area contributed by atoms with Crippen LogP contribution in [-0.2, 0) is 33.7 Å². The van der Waals surface area contributed by atoms with Crippen LogP contribution in [0.15, 0.2) is 12.1 Å². The quantitative estimate of drug-likeness (QED) is 0.685. The SMILES string of the molecule is CC(=O)Nc1sc2c(c1C(=O)OCC(=O)N(C)Cc1ccc(Cl)s1)CCCC2. The van der Waals surface area contributed by atoms with Gasteiger partial charge >= 0.3 is 5.97 Å². The molecule has 0 aromatic carbocycles. The van der Waals surface area contributed by atoms with Crippen molar-refractivity contribution in [3.63, 3.8) is 0 Å². The van der Waals surface area contributed by atoms with Gasteiger partial charge in [0.2, 0.25) is 5.91 Å². The van der Waals surface area contributed by atoms with Crippen molar-refractivity contribution in [2.24, 2.45) is 0 Å². The third-order valence-electron chi connectivity index (χ3n) is 4.44. The first-order valence-corrected chi connectivity index (χ1v) is 10.9. The molecule has 0 saturated heterocycles. The second-order valence-corrected chi connectivity index (χ2v) is 9.53. The van der Waals surface area contributed by atoms with Crippen LogP contribution in [0, 0.1) is 0 Å². The molecule has 2 aromatic rings. The minimum absolute atomic E-state index is 0.238. The van der Waals surface area contributed by atoms with Gasteiger partial charge in [-0.3, -0.25) is 9.59 Å². The van der Waals surface area contributed by atoms with Crippen LogP contribution in [0.5, 0.6) is 0 Å². The molecular weight excluding hydrogens is 420 g/mol. The van der Waals surface area contributed by atoms with E-state index in [9.17, 15) is 14.4 Å². The maximum atomic E-state index is 12.7. The fourth-order valence-corrected chi connectivity index (χ4v) is 5.56. The molecule has 0 unspecified atom stereocenters. The second kappa shape index (κ2) is 9.07. The molecule has 0 atom stereocenters. The monoisotopic (exact) mass is 440 g/mol. The van der Waals surface area contributed by atoms with Crippen molar-refractivity contribution in [2.45, 2.75) is 39.2 Å². The number of thiophene rings is 2. The van der Waals surface area contributed by atoms with Crippen LogP contribution < -0.4 is 5.32 Å². The van der Waals surface area contributed by atoms with E-state index in [1.807, 2.05) is 6.07 Å². The lowest BCUT2D eigenvalue weighted by molar-refractivity contribution is -0.133. The number of carbonyl (C=O) groups is 3. The van der Waals surface area contributed by atoms with Crippen LogP contribution in [-0.4, -0.2) is 36.3 Å². The number of rotatable bonds is 6. The van der Waals surface area contributed by atoms with Crippen molar-refractivity contribution in [1.82, 2.24) is 4.90 Å². The van der Waals surface area contributed by atoms with Crippen LogP contribution >= 0.6 is 34.3 Å². The predicted octanol–water partition coefficient (Wildman–Crippen LogP) is 4.12. The first kappa shape index (κ1) is 20.8. The number of nitrogens with one attached hydrogen (secondary N) is 1. The Bertz CT molecular complexity index is 906. The summed E-state index contributed by atoms with van der Waals surface area (Å²) in [6, 6.07) is 3.64. The summed E-state index contributed by atoms with van der Waals surface area (Å²) in [5.74, 6) is -1.11. The zero-order chi connectivity index (χ0) is 20.3. The fourth-order valence-electron chi connectivity index (χ4n) is 3.10. The molecule has 0 bridgehead atoms. The number of nitrogens with zero attached hydrogens (tertiary/aromatic N) is 1. The van der Waals surface area contributed by atoms with Crippen molar-refractivity contribution in [1.29, 1.82) is 0 Å². The van der Waals surface area contributed by atoms with E-state index < -0.39 is 5.97 Å². The smallest absolute Gasteiger partial charge is 0.341 e. The number of amides is 2. The van der Waals surface area contributed by atoms with Crippen molar-refractivity contribution >= 4 is 57.1 Å². The number of likely N-dealkylation sites (N-methyl/N-ethyl adjacent to an activating group) is 1. The van der Waals surface area contributed by atoms with Gasteiger partial charge in [-0.25, -0.2) is 4.79 Å². The lowest BCUT2D eigenvalue weighted by Crippen LogP contribution is -2.30. The number of aryl methyl sites for hydroxylation is 1. The molecule has 0 spiro atoms. The van der Waals surface area contributed by atoms with E-state index >= 15 is 0 Å². The Morgan fingerprint density at radius 3 is 2.64 bits per heavy atom. The Hall–Kier alpha value is -1.90. The molecule has 9 heteroatoms. The van der Waals surface area contributed by atoms with Gasteiger partial charge < -0.3 is 15.0 Å². The summed E-state index contributed by atoms with van der Waals surface area (Å²) in [6.45, 7) is 1.46. The van der Waals surface area contributed by atoms with Gasteiger partial charge in [0.05, 0.1) is 16.4 Å². The number of hydrogen-bond acceptors (Lipinski definition) is 6. The van der Waals surface area contributed by atoms with Gasteiger partial charge in [0.1, 0.15) is 5.00 Å². The van der Waals surface area contributed by atoms with Gasteiger partial charge in [-0.1, -0.05) is 11.6 Å². The van der Waals surface area contributed by atoms with E-state index in [1.54, 1.807) is 13.1 Å². The van der Waals surface area contributed by atoms with Gasteiger partial charge in [-0.2, -0.15) is 0 Å². The van der Waals surface area contributed by atoms with Crippen LogP contribution in [0.4, 0.5) is 5.00 Å². The van der Waals surface area contributed by atoms with Crippen molar-refractivity contribution in [3.05, 3.63) is 37.4 Å². The summed E-state index contributed by atoms with van der Waals surface area (Å²) in [7, 11) is 1.65. The number of carbonyl (C=O) groups excluding carboxylic acids is 3. The lowest BCUT2D eigenvalue weighted by Gasteiger charge is -2.17. The first-order valence-electron chi connectivity index (χ1n) is 8.92. The first-order chi connectivity index (χ1) is 13.3. The van der Waals surface area contributed by atoms with Gasteiger partial charge in [0.25, 0.3) is 5.91 Å². The molecule has 2 aromatic heterocycles. The second-order valence-electron chi connectivity index (χ2n) is 6.63. The Balaban J connectivity index is 1.66. The average molecular weight is 441 g/mol. The number of halogens is 1. The molecule has 0 fully saturated rings. The number of esters is 1. The van der Waals surface area contributed by atoms with E-state index in [1.165, 1.54) is 34.5 Å². The Morgan fingerprint density at radius 2 is 1.96 bits per heavy atom. The molecule has 1 N–H and O–H groups in total. The standard InChI is InChI=1S/C19H21ClN2O4S2/c1-11(23)21-18-17(13-5-3-4-6-14(13)28-18)19(25)26-10-16(24)22(2)9-12-7-8-15(20)27-12/h7-8H,3-6,9-10H2,1-2H3,(H,21,23). The van der Waals surface area contributed by atoms with E-state index in [2.05, 4.69) is 5.32 Å². The third kappa shape index (κ3) is 4.92. The average Bonchev–Trinajstić information content (AvgIpc) is 3.21. The highest BCUT2D eigenvalue weighted by Gasteiger charge is 2.27. The molecule has 28 heavy (non-hydrogen) atoms. The molecule has 0 aliphatic heterocycles. The summed E-state index contributed by atoms with van der Waals surface area (Å²) in [6.07, 6.45) is 3.74. The van der Waals surface area contributed by atoms with Gasteiger partial charge in [-0.05, 0) is 43.4 Å². The van der Waals surface area contributed by atoms with E-state index in [0.717, 1.165) is 41.0 Å². The fraction of sp³-hybridized carbons (Fsp3) is 0.421. The van der Waals surface area contributed by atoms with Crippen molar-refractivity contribution in [3.8, 4) is 0 Å². The van der Waals surface area contributed by atoms with E-state index in [0.29, 0.717) is 21.4 Å². The molecule has 2 amide bonds. The minimum atomic E-state index is -0.566. The molecule has 150 valence electrons. The van der Waals surface area contributed by atoms with Crippen LogP contribution in [0.25, 0.3) is 0 Å². The molecule has 6 nitrogen and oxygen atoms in total. The van der Waals surface area contributed by atoms with Crippen LogP contribution in [0.1, 0.15) is 45.4 Å². The maximum absolute atomic E-state index is 12.7. The van der Waals surface area contributed by atoms with E-state index in [4.69, 9.17) is 16.3 Å². The number of hydrogen-bond donors (Lipinski definition) is 1. The Morgan fingerprint density at radius 1 is 1.21 bits per heavy atom. The van der Waals surface area contributed by atoms with Crippen LogP contribution in [0.3, 0.4) is 0 Å². The third-order valence-corrected chi connectivity index (χ3v) is 6.86. The summed E-state index contributed by atoms with van der Waals surface area (Å²) >= 11 is 8.74. The minimum Gasteiger partial charge on any atom is -0.452 e. The normalized spacial score (nSPS) is 13.0. The summed E-state index contributed by atoms with van der Waals surface area (Å²) in [5.41, 5.74) is 1.34. The van der Waals surface area contributed by atoms with Gasteiger partial charge in [0.15, 0.2) is 6.61 Å². The molecule has 1 aliphatic carbocycles. The highest BCUT2D eigenvalue weighted by atomic mass is 35.5. The highest BCUT2D eigenvalue weighted by molar-refractivity contribution is 7.17. The summed E-state index contributed by atoms with van der Waals surface area (Å²) in [4.78, 5) is 40.1. The molecule has 2 heterocycles. The summed E-state index contributed by atoms with van der Waals surface area (Å²) in [5, 5.41) is 3.24. The lowest BCUT2D eigenvalue weighted by atomic mass is 9.95. The van der Waals surface area contributed by atoms with Crippen molar-refractivity contribution in [2.75, 3.05) is 19.0 Å². The Kier molecular flexibility index (Phi) is 6.74. The molecular formula is C19H21ClN2O4S2. The zero-order valence-corrected chi connectivity index (χ0v) is 18.1. The Labute approximate surface area is 176 Å². The summed E-state index contributed by atoms with van der Waals surface area (Å²) < 4.78 is 5.97. The van der Waals surface area contributed by atoms with Crippen molar-refractivity contribution < 1.29 is 19.1 Å². The predicted molar refractivity (Wildman–Crippen MR) is 111 cm³/mol. The largest absolute Gasteiger partial charge is 0.452 e. The number of anilines is 1. The number of ether oxygens (including phenoxy) is 1. The molecule has 3 rings (SSSR count). The molecule has 1 aliphatic rings. The van der Waals surface area contributed by atoms with Gasteiger partial charge in [-0.15, -0.1) is 22.7 Å². The number of fused-ring (bicyclic) bond motifs is 1. The molecule has 0 saturated carbocycles. The van der Waals surface area contributed by atoms with E-state index in [-0.39, 0.29) is 18.4 Å². The topological polar surface area (TPSA) is 75.7 Å². The van der Waals surface area contributed by atoms with Gasteiger partial charge in [0, 0.05) is 23.7 Å². The molecule has 0 radical (unpaired) electrons.